The summed E-state index contributed by atoms with van der Waals surface area (Å²) in [5.41, 5.74) is -0.291. The molecule has 0 atom stereocenters. The molecule has 0 aliphatic rings. The molecule has 0 spiro atoms. The van der Waals surface area contributed by atoms with E-state index >= 15 is 0 Å². The molecule has 0 N–H and O–H groups in total. The van der Waals surface area contributed by atoms with Crippen molar-refractivity contribution in [2.24, 2.45) is 0 Å². The Balaban J connectivity index is 2.48. The zero-order valence-corrected chi connectivity index (χ0v) is 9.46. The Hall–Kier alpha value is -1.30. The van der Waals surface area contributed by atoms with E-state index in [9.17, 15) is 13.2 Å². The first-order chi connectivity index (χ1) is 7.48. The van der Waals surface area contributed by atoms with Crippen molar-refractivity contribution in [3.63, 3.8) is 0 Å². The summed E-state index contributed by atoms with van der Waals surface area (Å²) >= 11 is 3.00. The fraction of sp³-hybridized carbons (Fsp3) is 0.100. The van der Waals surface area contributed by atoms with Gasteiger partial charge >= 0.3 is 6.18 Å². The number of benzene rings is 1. The fourth-order valence-electron chi connectivity index (χ4n) is 1.26. The van der Waals surface area contributed by atoms with E-state index in [1.807, 2.05) is 0 Å². The maximum Gasteiger partial charge on any atom is 0.434 e. The average Bonchev–Trinajstić information content (AvgIpc) is 2.61. The zero-order valence-electron chi connectivity index (χ0n) is 7.87. The van der Waals surface area contributed by atoms with E-state index < -0.39 is 11.9 Å². The van der Waals surface area contributed by atoms with Crippen LogP contribution in [0.4, 0.5) is 13.2 Å². The third-order valence-electron chi connectivity index (χ3n) is 1.99. The zero-order chi connectivity index (χ0) is 11.8. The number of para-hydroxylation sites is 1. The summed E-state index contributed by atoms with van der Waals surface area (Å²) in [6, 6.07) is 8.68. The number of halogens is 4. The maximum atomic E-state index is 12.4. The third kappa shape index (κ3) is 2.11. The van der Waals surface area contributed by atoms with Gasteiger partial charge in [0, 0.05) is 11.9 Å². The molecule has 0 saturated heterocycles. The van der Waals surface area contributed by atoms with Crippen LogP contribution in [-0.2, 0) is 6.18 Å². The van der Waals surface area contributed by atoms with E-state index in [1.165, 1.54) is 4.57 Å². The number of hydrogen-bond acceptors (Lipinski definition) is 1. The molecular weight excluding hydrogens is 285 g/mol. The molecule has 0 bridgehead atoms. The van der Waals surface area contributed by atoms with Crippen LogP contribution in [0, 0.1) is 0 Å². The summed E-state index contributed by atoms with van der Waals surface area (Å²) in [5, 5.41) is 0. The van der Waals surface area contributed by atoms with E-state index in [0.717, 1.165) is 6.20 Å². The summed E-state index contributed by atoms with van der Waals surface area (Å²) in [6.07, 6.45) is -3.47. The highest BCUT2D eigenvalue weighted by Gasteiger charge is 2.34. The number of alkyl halides is 3. The molecule has 1 heterocycles. The van der Waals surface area contributed by atoms with Gasteiger partial charge in [-0.15, -0.1) is 0 Å². The molecule has 6 heteroatoms. The quantitative estimate of drug-likeness (QED) is 0.784. The molecule has 1 aromatic heterocycles. The van der Waals surface area contributed by atoms with E-state index in [1.54, 1.807) is 30.3 Å². The van der Waals surface area contributed by atoms with Gasteiger partial charge in [-0.25, -0.2) is 4.98 Å². The van der Waals surface area contributed by atoms with E-state index in [-0.39, 0.29) is 4.73 Å². The Bertz CT molecular complexity index is 491. The van der Waals surface area contributed by atoms with E-state index in [4.69, 9.17) is 0 Å². The Morgan fingerprint density at radius 2 is 1.75 bits per heavy atom. The highest BCUT2D eigenvalue weighted by Crippen LogP contribution is 2.30. The minimum atomic E-state index is -4.43. The maximum absolute atomic E-state index is 12.4. The summed E-state index contributed by atoms with van der Waals surface area (Å²) in [5.74, 6) is 0. The van der Waals surface area contributed by atoms with Crippen LogP contribution in [0.25, 0.3) is 5.69 Å². The largest absolute Gasteiger partial charge is 0.434 e. The lowest BCUT2D eigenvalue weighted by Crippen LogP contribution is -2.04. The average molecular weight is 291 g/mol. The van der Waals surface area contributed by atoms with Crippen LogP contribution in [0.3, 0.4) is 0 Å². The molecule has 0 radical (unpaired) electrons. The molecule has 2 aromatic rings. The second-order valence-electron chi connectivity index (χ2n) is 3.10. The third-order valence-corrected chi connectivity index (χ3v) is 2.55. The first-order valence-electron chi connectivity index (χ1n) is 4.36. The first-order valence-corrected chi connectivity index (χ1v) is 5.15. The van der Waals surface area contributed by atoms with Gasteiger partial charge in [0.1, 0.15) is 0 Å². The molecule has 0 saturated carbocycles. The van der Waals surface area contributed by atoms with Crippen LogP contribution in [-0.4, -0.2) is 9.55 Å². The van der Waals surface area contributed by atoms with Crippen molar-refractivity contribution in [1.29, 1.82) is 0 Å². The highest BCUT2D eigenvalue weighted by molar-refractivity contribution is 9.10. The monoisotopic (exact) mass is 290 g/mol. The SMILES string of the molecule is FC(F)(F)c1cn(-c2ccccc2)c(Br)n1. The fourth-order valence-corrected chi connectivity index (χ4v) is 1.76. The summed E-state index contributed by atoms with van der Waals surface area (Å²) in [7, 11) is 0. The second-order valence-corrected chi connectivity index (χ2v) is 3.81. The molecule has 2 nitrogen and oxygen atoms in total. The van der Waals surface area contributed by atoms with Gasteiger partial charge in [-0.3, -0.25) is 4.57 Å². The van der Waals surface area contributed by atoms with E-state index in [2.05, 4.69) is 20.9 Å². The minimum absolute atomic E-state index is 0.131. The van der Waals surface area contributed by atoms with Gasteiger partial charge in [-0.2, -0.15) is 13.2 Å². The number of aromatic nitrogens is 2. The Labute approximate surface area is 97.9 Å². The van der Waals surface area contributed by atoms with Gasteiger partial charge < -0.3 is 0 Å². The highest BCUT2D eigenvalue weighted by atomic mass is 79.9. The second kappa shape index (κ2) is 3.93. The molecule has 2 rings (SSSR count). The molecule has 0 fully saturated rings. The molecule has 0 unspecified atom stereocenters. The van der Waals surface area contributed by atoms with Gasteiger partial charge in [-0.05, 0) is 28.1 Å². The van der Waals surface area contributed by atoms with Crippen LogP contribution in [0.1, 0.15) is 5.69 Å². The molecule has 0 aliphatic heterocycles. The van der Waals surface area contributed by atoms with Crippen molar-refractivity contribution < 1.29 is 13.2 Å². The lowest BCUT2D eigenvalue weighted by atomic mass is 10.3. The summed E-state index contributed by atoms with van der Waals surface area (Å²) in [6.45, 7) is 0. The van der Waals surface area contributed by atoms with Crippen molar-refractivity contribution in [1.82, 2.24) is 9.55 Å². The van der Waals surface area contributed by atoms with Crippen molar-refractivity contribution in [3.8, 4) is 5.69 Å². The van der Waals surface area contributed by atoms with Gasteiger partial charge in [0.25, 0.3) is 0 Å². The Kier molecular flexibility index (Phi) is 2.75. The van der Waals surface area contributed by atoms with Crippen LogP contribution in [0.15, 0.2) is 41.3 Å². The predicted molar refractivity (Wildman–Crippen MR) is 56.3 cm³/mol. The van der Waals surface area contributed by atoms with Crippen molar-refractivity contribution in [2.45, 2.75) is 6.18 Å². The number of nitrogens with zero attached hydrogens (tertiary/aromatic N) is 2. The number of imidazole rings is 1. The molecule has 0 amide bonds. The Morgan fingerprint density at radius 3 is 2.25 bits per heavy atom. The van der Waals surface area contributed by atoms with Crippen LogP contribution in [0.2, 0.25) is 0 Å². The normalized spacial score (nSPS) is 11.8. The van der Waals surface area contributed by atoms with Gasteiger partial charge in [0.05, 0.1) is 0 Å². The molecule has 16 heavy (non-hydrogen) atoms. The summed E-state index contributed by atoms with van der Waals surface area (Å²) in [4.78, 5) is 3.41. The van der Waals surface area contributed by atoms with Crippen LogP contribution < -0.4 is 0 Å². The van der Waals surface area contributed by atoms with E-state index in [0.29, 0.717) is 5.69 Å². The topological polar surface area (TPSA) is 17.8 Å². The van der Waals surface area contributed by atoms with Crippen molar-refractivity contribution >= 4 is 15.9 Å². The minimum Gasteiger partial charge on any atom is -0.294 e. The van der Waals surface area contributed by atoms with Crippen molar-refractivity contribution in [2.75, 3.05) is 0 Å². The smallest absolute Gasteiger partial charge is 0.294 e. The molecule has 0 aliphatic carbocycles. The lowest BCUT2D eigenvalue weighted by Gasteiger charge is -2.02. The van der Waals surface area contributed by atoms with Crippen LogP contribution >= 0.6 is 15.9 Å². The van der Waals surface area contributed by atoms with Gasteiger partial charge in [0.15, 0.2) is 10.4 Å². The standard InChI is InChI=1S/C10H6BrF3N2/c11-9-15-8(10(12,13)14)6-16(9)7-4-2-1-3-5-7/h1-6H. The summed E-state index contributed by atoms with van der Waals surface area (Å²) < 4.78 is 38.7. The van der Waals surface area contributed by atoms with Gasteiger partial charge in [0.2, 0.25) is 0 Å². The van der Waals surface area contributed by atoms with Crippen LogP contribution in [0.5, 0.6) is 0 Å². The van der Waals surface area contributed by atoms with Crippen molar-refractivity contribution in [3.05, 3.63) is 47.0 Å². The molecule has 84 valence electrons. The number of rotatable bonds is 1. The number of hydrogen-bond donors (Lipinski definition) is 0. The molecule has 1 aromatic carbocycles. The predicted octanol–water partition coefficient (Wildman–Crippen LogP) is 3.65. The lowest BCUT2D eigenvalue weighted by molar-refractivity contribution is -0.141. The molecular formula is C10H6BrF3N2. The Morgan fingerprint density at radius 1 is 1.12 bits per heavy atom. The first kappa shape index (κ1) is 11.2. The van der Waals surface area contributed by atoms with Gasteiger partial charge in [-0.1, -0.05) is 18.2 Å².